The van der Waals surface area contributed by atoms with Gasteiger partial charge in [0.1, 0.15) is 0 Å². The first-order valence-corrected chi connectivity index (χ1v) is 7.94. The van der Waals surface area contributed by atoms with E-state index in [0.717, 1.165) is 17.0 Å². The van der Waals surface area contributed by atoms with Crippen LogP contribution in [0.25, 0.3) is 0 Å². The molecule has 2 nitrogen and oxygen atoms in total. The van der Waals surface area contributed by atoms with E-state index in [9.17, 15) is 0 Å². The molecule has 2 aromatic carbocycles. The quantitative estimate of drug-likeness (QED) is 0.456. The molecule has 1 atom stereocenters. The van der Waals surface area contributed by atoms with Gasteiger partial charge in [0, 0.05) is 8.59 Å². The first kappa shape index (κ1) is 15.8. The second-order valence-electron chi connectivity index (χ2n) is 5.00. The van der Waals surface area contributed by atoms with Crippen molar-refractivity contribution in [3.63, 3.8) is 0 Å². The molecule has 1 unspecified atom stereocenters. The van der Waals surface area contributed by atoms with E-state index >= 15 is 0 Å². The molecule has 0 bridgehead atoms. The smallest absolute Gasteiger partial charge is 0.0511 e. The first-order valence-electron chi connectivity index (χ1n) is 6.49. The van der Waals surface area contributed by atoms with Crippen molar-refractivity contribution in [2.45, 2.75) is 26.3 Å². The second kappa shape index (κ2) is 6.89. The molecule has 106 valence electrons. The molecule has 0 amide bonds. The number of nitrogens with two attached hydrogens (primary N) is 1. The summed E-state index contributed by atoms with van der Waals surface area (Å²) >= 11 is 8.69. The van der Waals surface area contributed by atoms with Crippen LogP contribution in [0.3, 0.4) is 0 Å². The van der Waals surface area contributed by atoms with Crippen LogP contribution in [0.2, 0.25) is 5.02 Å². The molecule has 0 aliphatic rings. The topological polar surface area (TPSA) is 38.0 Å². The number of aryl methyl sites for hydroxylation is 2. The monoisotopic (exact) mass is 400 g/mol. The predicted molar refractivity (Wildman–Crippen MR) is 93.9 cm³/mol. The minimum atomic E-state index is 0.0574. The van der Waals surface area contributed by atoms with Crippen LogP contribution in [0, 0.1) is 17.4 Å². The Morgan fingerprint density at radius 2 is 2.00 bits per heavy atom. The Morgan fingerprint density at radius 3 is 2.65 bits per heavy atom. The van der Waals surface area contributed by atoms with Crippen molar-refractivity contribution in [2.75, 3.05) is 0 Å². The Balaban J connectivity index is 2.31. The highest BCUT2D eigenvalue weighted by atomic mass is 127. The summed E-state index contributed by atoms with van der Waals surface area (Å²) in [6.07, 6.45) is 0.773. The second-order valence-corrected chi connectivity index (χ2v) is 6.48. The fraction of sp³-hybridized carbons (Fsp3) is 0.250. The van der Waals surface area contributed by atoms with E-state index in [4.69, 9.17) is 17.4 Å². The highest BCUT2D eigenvalue weighted by Gasteiger charge is 2.16. The van der Waals surface area contributed by atoms with Crippen LogP contribution in [-0.4, -0.2) is 0 Å². The summed E-state index contributed by atoms with van der Waals surface area (Å²) in [6.45, 7) is 4.15. The Bertz CT molecular complexity index is 613. The summed E-state index contributed by atoms with van der Waals surface area (Å²) in [6, 6.07) is 12.5. The summed E-state index contributed by atoms with van der Waals surface area (Å²) < 4.78 is 1.25. The average Bonchev–Trinajstić information content (AvgIpc) is 2.42. The number of hydrazine groups is 1. The maximum Gasteiger partial charge on any atom is 0.0511 e. The van der Waals surface area contributed by atoms with Gasteiger partial charge in [-0.3, -0.25) is 11.3 Å². The van der Waals surface area contributed by atoms with Crippen LogP contribution >= 0.6 is 34.2 Å². The van der Waals surface area contributed by atoms with Crippen molar-refractivity contribution in [3.05, 3.63) is 67.2 Å². The normalized spacial score (nSPS) is 12.4. The van der Waals surface area contributed by atoms with Gasteiger partial charge in [0.05, 0.1) is 6.04 Å². The van der Waals surface area contributed by atoms with Crippen LogP contribution < -0.4 is 11.3 Å². The average molecular weight is 401 g/mol. The van der Waals surface area contributed by atoms with E-state index in [1.165, 1.54) is 20.3 Å². The molecule has 0 radical (unpaired) electrons. The third-order valence-corrected chi connectivity index (χ3v) is 5.26. The van der Waals surface area contributed by atoms with Gasteiger partial charge in [-0.15, -0.1) is 0 Å². The van der Waals surface area contributed by atoms with E-state index in [-0.39, 0.29) is 6.04 Å². The molecule has 0 fully saturated rings. The lowest BCUT2D eigenvalue weighted by Crippen LogP contribution is -2.30. The molecule has 0 aliphatic carbocycles. The summed E-state index contributed by atoms with van der Waals surface area (Å²) in [5.41, 5.74) is 7.66. The van der Waals surface area contributed by atoms with Gasteiger partial charge < -0.3 is 0 Å². The van der Waals surface area contributed by atoms with Crippen molar-refractivity contribution in [1.82, 2.24) is 5.43 Å². The van der Waals surface area contributed by atoms with E-state index in [0.29, 0.717) is 0 Å². The molecule has 0 saturated heterocycles. The van der Waals surface area contributed by atoms with E-state index in [1.54, 1.807) is 0 Å². The Kier molecular flexibility index (Phi) is 5.43. The van der Waals surface area contributed by atoms with Crippen LogP contribution in [0.5, 0.6) is 0 Å². The van der Waals surface area contributed by atoms with Crippen molar-refractivity contribution < 1.29 is 0 Å². The highest BCUT2D eigenvalue weighted by Crippen LogP contribution is 2.28. The lowest BCUT2D eigenvalue weighted by Gasteiger charge is -2.19. The van der Waals surface area contributed by atoms with Gasteiger partial charge >= 0.3 is 0 Å². The van der Waals surface area contributed by atoms with Crippen molar-refractivity contribution in [2.24, 2.45) is 5.84 Å². The zero-order valence-corrected chi connectivity index (χ0v) is 14.5. The molecule has 0 heterocycles. The molecule has 2 aromatic rings. The van der Waals surface area contributed by atoms with Crippen LogP contribution in [0.15, 0.2) is 36.4 Å². The zero-order valence-electron chi connectivity index (χ0n) is 11.6. The summed E-state index contributed by atoms with van der Waals surface area (Å²) in [5.74, 6) is 5.76. The van der Waals surface area contributed by atoms with E-state index in [2.05, 4.69) is 65.3 Å². The number of halogens is 2. The van der Waals surface area contributed by atoms with Crippen LogP contribution in [-0.2, 0) is 6.42 Å². The minimum absolute atomic E-state index is 0.0574. The first-order chi connectivity index (χ1) is 9.52. The van der Waals surface area contributed by atoms with Gasteiger partial charge in [-0.05, 0) is 71.2 Å². The molecule has 0 aromatic heterocycles. The molecule has 4 heteroatoms. The Labute approximate surface area is 138 Å². The van der Waals surface area contributed by atoms with Gasteiger partial charge in [0.2, 0.25) is 0 Å². The fourth-order valence-corrected chi connectivity index (χ4v) is 3.28. The van der Waals surface area contributed by atoms with E-state index in [1.807, 2.05) is 13.0 Å². The number of benzene rings is 2. The van der Waals surface area contributed by atoms with Gasteiger partial charge in [-0.1, -0.05) is 41.9 Å². The molecule has 2 rings (SSSR count). The molecular weight excluding hydrogens is 383 g/mol. The maximum atomic E-state index is 6.32. The largest absolute Gasteiger partial charge is 0.271 e. The number of hydrogen-bond donors (Lipinski definition) is 2. The Morgan fingerprint density at radius 1 is 1.25 bits per heavy atom. The molecule has 0 aliphatic heterocycles. The van der Waals surface area contributed by atoms with Crippen molar-refractivity contribution in [1.29, 1.82) is 0 Å². The molecule has 0 saturated carbocycles. The molecular formula is C16H18ClIN2. The number of rotatable bonds is 4. The third-order valence-electron chi connectivity index (χ3n) is 3.43. The number of nitrogens with one attached hydrogen (secondary N) is 1. The summed E-state index contributed by atoms with van der Waals surface area (Å²) in [7, 11) is 0. The molecule has 0 spiro atoms. The van der Waals surface area contributed by atoms with E-state index < -0.39 is 0 Å². The summed E-state index contributed by atoms with van der Waals surface area (Å²) in [4.78, 5) is 0. The maximum absolute atomic E-state index is 6.32. The van der Waals surface area contributed by atoms with Crippen LogP contribution in [0.4, 0.5) is 0 Å². The molecule has 3 N–H and O–H groups in total. The minimum Gasteiger partial charge on any atom is -0.271 e. The zero-order chi connectivity index (χ0) is 14.7. The summed E-state index contributed by atoms with van der Waals surface area (Å²) in [5, 5.41) is 0.799. The van der Waals surface area contributed by atoms with Gasteiger partial charge in [-0.25, -0.2) is 0 Å². The van der Waals surface area contributed by atoms with Crippen molar-refractivity contribution >= 4 is 34.2 Å². The van der Waals surface area contributed by atoms with Crippen molar-refractivity contribution in [3.8, 4) is 0 Å². The highest BCUT2D eigenvalue weighted by molar-refractivity contribution is 14.1. The molecule has 20 heavy (non-hydrogen) atoms. The van der Waals surface area contributed by atoms with Gasteiger partial charge in [0.15, 0.2) is 0 Å². The SMILES string of the molecule is Cc1ccc(CC(NN)c2cccc(C)c2I)c(Cl)c1. The predicted octanol–water partition coefficient (Wildman–Crippen LogP) is 4.31. The number of hydrogen-bond acceptors (Lipinski definition) is 2. The lowest BCUT2D eigenvalue weighted by atomic mass is 9.97. The standard InChI is InChI=1S/C16H18ClIN2/c1-10-6-7-12(14(17)8-10)9-15(20-19)13-5-3-4-11(2)16(13)18/h3-8,15,20H,9,19H2,1-2H3. The van der Waals surface area contributed by atoms with Gasteiger partial charge in [0.25, 0.3) is 0 Å². The van der Waals surface area contributed by atoms with Crippen LogP contribution in [0.1, 0.15) is 28.3 Å². The Hall–Kier alpha value is -0.620. The lowest BCUT2D eigenvalue weighted by molar-refractivity contribution is 0.549. The van der Waals surface area contributed by atoms with Gasteiger partial charge in [-0.2, -0.15) is 0 Å². The fourth-order valence-electron chi connectivity index (χ4n) is 2.24. The third kappa shape index (κ3) is 3.52.